The van der Waals surface area contributed by atoms with Gasteiger partial charge < -0.3 is 15.4 Å². The van der Waals surface area contributed by atoms with Crippen molar-refractivity contribution in [1.82, 2.24) is 0 Å². The second-order valence-electron chi connectivity index (χ2n) is 5.24. The number of nitro benzene ring substituents is 1. The second kappa shape index (κ2) is 5.96. The molecule has 0 aliphatic carbocycles. The molecule has 7 nitrogen and oxygen atoms in total. The number of ether oxygens (including phenoxy) is 1. The van der Waals surface area contributed by atoms with Crippen molar-refractivity contribution >= 4 is 17.3 Å². The largest absolute Gasteiger partial charge is 0.477 e. The van der Waals surface area contributed by atoms with Crippen molar-refractivity contribution in [3.8, 4) is 5.75 Å². The predicted molar refractivity (Wildman–Crippen MR) is 84.2 cm³/mol. The molecule has 0 fully saturated rings. The van der Waals surface area contributed by atoms with E-state index in [-0.39, 0.29) is 12.2 Å². The highest BCUT2D eigenvalue weighted by Gasteiger charge is 2.30. The summed E-state index contributed by atoms with van der Waals surface area (Å²) in [6.45, 7) is 0.541. The van der Waals surface area contributed by atoms with Crippen LogP contribution in [-0.4, -0.2) is 23.5 Å². The first-order valence-corrected chi connectivity index (χ1v) is 7.08. The maximum atomic E-state index is 11.5. The van der Waals surface area contributed by atoms with E-state index in [1.165, 1.54) is 6.07 Å². The Hall–Kier alpha value is -3.09. The molecule has 1 aliphatic heterocycles. The highest BCUT2D eigenvalue weighted by molar-refractivity contribution is 5.81. The molecule has 2 aromatic rings. The molecule has 0 spiro atoms. The molecule has 1 heterocycles. The number of fused-ring (bicyclic) bond motifs is 1. The summed E-state index contributed by atoms with van der Waals surface area (Å²) in [5.41, 5.74) is 6.76. The van der Waals surface area contributed by atoms with Crippen LogP contribution in [0.15, 0.2) is 48.5 Å². The summed E-state index contributed by atoms with van der Waals surface area (Å²) in [7, 11) is 0. The molecule has 0 bridgehead atoms. The molecule has 1 atom stereocenters. The molecule has 1 unspecified atom stereocenters. The third-order valence-electron chi connectivity index (χ3n) is 3.73. The van der Waals surface area contributed by atoms with Crippen LogP contribution in [0.3, 0.4) is 0 Å². The lowest BCUT2D eigenvalue weighted by Crippen LogP contribution is -2.47. The molecule has 23 heavy (non-hydrogen) atoms. The van der Waals surface area contributed by atoms with Crippen molar-refractivity contribution in [2.24, 2.45) is 5.73 Å². The maximum absolute atomic E-state index is 11.5. The quantitative estimate of drug-likeness (QED) is 0.686. The van der Waals surface area contributed by atoms with E-state index >= 15 is 0 Å². The number of carbonyl (C=O) groups excluding carboxylic acids is 1. The van der Waals surface area contributed by atoms with Gasteiger partial charge in [-0.15, -0.1) is 0 Å². The minimum Gasteiger partial charge on any atom is -0.477 e. The van der Waals surface area contributed by atoms with Gasteiger partial charge in [-0.3, -0.25) is 14.9 Å². The van der Waals surface area contributed by atoms with Crippen LogP contribution in [0, 0.1) is 10.1 Å². The third kappa shape index (κ3) is 2.94. The lowest BCUT2D eigenvalue weighted by Gasteiger charge is -2.34. The van der Waals surface area contributed by atoms with Crippen LogP contribution in [0.4, 0.5) is 11.4 Å². The smallest absolute Gasteiger partial charge is 0.274 e. The average Bonchev–Trinajstić information content (AvgIpc) is 2.55. The highest BCUT2D eigenvalue weighted by Crippen LogP contribution is 2.34. The lowest BCUT2D eigenvalue weighted by atomic mass is 10.1. The van der Waals surface area contributed by atoms with Crippen LogP contribution in [0.5, 0.6) is 5.75 Å². The van der Waals surface area contributed by atoms with Gasteiger partial charge in [0.2, 0.25) is 0 Å². The minimum absolute atomic E-state index is 0.0482. The Morgan fingerprint density at radius 3 is 2.70 bits per heavy atom. The predicted octanol–water partition coefficient (Wildman–Crippen LogP) is 1.85. The summed E-state index contributed by atoms with van der Waals surface area (Å²) in [5, 5.41) is 11.2. The fraction of sp³-hybridized carbons (Fsp3) is 0.188. The summed E-state index contributed by atoms with van der Waals surface area (Å²) in [6.07, 6.45) is -0.785. The van der Waals surface area contributed by atoms with Crippen molar-refractivity contribution in [2.45, 2.75) is 12.6 Å². The fourth-order valence-electron chi connectivity index (χ4n) is 2.63. The number of hydrogen-bond donors (Lipinski definition) is 1. The zero-order valence-electron chi connectivity index (χ0n) is 12.2. The number of amides is 1. The first kappa shape index (κ1) is 14.8. The van der Waals surface area contributed by atoms with E-state index in [0.717, 1.165) is 5.69 Å². The van der Waals surface area contributed by atoms with Gasteiger partial charge in [-0.05, 0) is 12.1 Å². The zero-order chi connectivity index (χ0) is 16.4. The molecule has 3 rings (SSSR count). The maximum Gasteiger partial charge on any atom is 0.274 e. The minimum atomic E-state index is -0.785. The van der Waals surface area contributed by atoms with Crippen molar-refractivity contribution in [3.63, 3.8) is 0 Å². The Labute approximate surface area is 132 Å². The Morgan fingerprint density at radius 2 is 1.96 bits per heavy atom. The molecule has 0 aromatic heterocycles. The molecule has 1 aliphatic rings. The van der Waals surface area contributed by atoms with Gasteiger partial charge in [-0.25, -0.2) is 0 Å². The van der Waals surface area contributed by atoms with E-state index < -0.39 is 16.9 Å². The van der Waals surface area contributed by atoms with Crippen LogP contribution in [0.1, 0.15) is 5.56 Å². The molecule has 2 N–H and O–H groups in total. The standard InChI is InChI=1S/C16H15N3O4/c17-16(20)15-10-18(13-7-3-4-8-14(13)23-15)9-11-5-1-2-6-12(11)19(21)22/h1-8,15H,9-10H2,(H2,17,20). The van der Waals surface area contributed by atoms with Gasteiger partial charge in [0, 0.05) is 11.6 Å². The molecule has 0 radical (unpaired) electrons. The average molecular weight is 313 g/mol. The van der Waals surface area contributed by atoms with E-state index in [1.54, 1.807) is 30.3 Å². The van der Waals surface area contributed by atoms with Crippen molar-refractivity contribution in [1.29, 1.82) is 0 Å². The monoisotopic (exact) mass is 313 g/mol. The molecular weight excluding hydrogens is 298 g/mol. The van der Waals surface area contributed by atoms with Crippen molar-refractivity contribution in [3.05, 3.63) is 64.2 Å². The first-order chi connectivity index (χ1) is 11.1. The SMILES string of the molecule is NC(=O)C1CN(Cc2ccccc2[N+](=O)[O-])c2ccccc2O1. The van der Waals surface area contributed by atoms with Crippen LogP contribution in [0.25, 0.3) is 0 Å². The van der Waals surface area contributed by atoms with Gasteiger partial charge in [-0.1, -0.05) is 30.3 Å². The Morgan fingerprint density at radius 1 is 1.26 bits per heavy atom. The summed E-state index contributed by atoms with van der Waals surface area (Å²) < 4.78 is 5.59. The van der Waals surface area contributed by atoms with Crippen molar-refractivity contribution in [2.75, 3.05) is 11.4 Å². The van der Waals surface area contributed by atoms with Gasteiger partial charge in [0.1, 0.15) is 5.75 Å². The van der Waals surface area contributed by atoms with Gasteiger partial charge in [-0.2, -0.15) is 0 Å². The van der Waals surface area contributed by atoms with Gasteiger partial charge in [0.05, 0.1) is 23.7 Å². The number of carbonyl (C=O) groups is 1. The van der Waals surface area contributed by atoms with Gasteiger partial charge in [0.25, 0.3) is 11.6 Å². The van der Waals surface area contributed by atoms with Gasteiger partial charge >= 0.3 is 0 Å². The van der Waals surface area contributed by atoms with Crippen LogP contribution in [0.2, 0.25) is 0 Å². The van der Waals surface area contributed by atoms with Crippen LogP contribution in [-0.2, 0) is 11.3 Å². The van der Waals surface area contributed by atoms with Gasteiger partial charge in [0.15, 0.2) is 6.10 Å². The normalized spacial score (nSPS) is 16.3. The number of nitro groups is 1. The van der Waals surface area contributed by atoms with E-state index in [9.17, 15) is 14.9 Å². The number of para-hydroxylation sites is 3. The van der Waals surface area contributed by atoms with E-state index in [4.69, 9.17) is 10.5 Å². The summed E-state index contributed by atoms with van der Waals surface area (Å²) in [5.74, 6) is -0.0202. The van der Waals surface area contributed by atoms with E-state index in [2.05, 4.69) is 0 Å². The molecule has 1 amide bonds. The number of benzene rings is 2. The van der Waals surface area contributed by atoms with E-state index in [0.29, 0.717) is 17.9 Å². The third-order valence-corrected chi connectivity index (χ3v) is 3.73. The molecule has 0 saturated carbocycles. The second-order valence-corrected chi connectivity index (χ2v) is 5.24. The summed E-state index contributed by atoms with van der Waals surface area (Å²) >= 11 is 0. The Bertz CT molecular complexity index is 762. The molecular formula is C16H15N3O4. The lowest BCUT2D eigenvalue weighted by molar-refractivity contribution is -0.385. The Kier molecular flexibility index (Phi) is 3.84. The topological polar surface area (TPSA) is 98.7 Å². The Balaban J connectivity index is 1.96. The summed E-state index contributed by atoms with van der Waals surface area (Å²) in [6, 6.07) is 13.8. The van der Waals surface area contributed by atoms with E-state index in [1.807, 2.05) is 17.0 Å². The van der Waals surface area contributed by atoms with Crippen LogP contribution < -0.4 is 15.4 Å². The zero-order valence-corrected chi connectivity index (χ0v) is 12.2. The van der Waals surface area contributed by atoms with Crippen molar-refractivity contribution < 1.29 is 14.5 Å². The fourth-order valence-corrected chi connectivity index (χ4v) is 2.63. The first-order valence-electron chi connectivity index (χ1n) is 7.08. The molecule has 2 aromatic carbocycles. The molecule has 7 heteroatoms. The van der Waals surface area contributed by atoms with Crippen LogP contribution >= 0.6 is 0 Å². The molecule has 118 valence electrons. The summed E-state index contributed by atoms with van der Waals surface area (Å²) in [4.78, 5) is 24.1. The number of nitrogens with zero attached hydrogens (tertiary/aromatic N) is 2. The number of anilines is 1. The molecule has 0 saturated heterocycles. The number of hydrogen-bond acceptors (Lipinski definition) is 5. The number of rotatable bonds is 4. The number of nitrogens with two attached hydrogens (primary N) is 1. The number of primary amides is 1. The highest BCUT2D eigenvalue weighted by atomic mass is 16.6.